The summed E-state index contributed by atoms with van der Waals surface area (Å²) in [5.41, 5.74) is 5.83. The van der Waals surface area contributed by atoms with Crippen molar-refractivity contribution in [2.75, 3.05) is 11.9 Å². The van der Waals surface area contributed by atoms with Crippen LogP contribution < -0.4 is 5.32 Å². The zero-order chi connectivity index (χ0) is 19.5. The SMILES string of the molecule is Cc1cc(C)cc(C2=NN(C(=O)CCCNc3ccccc3)C(C3CC3)C2)c1. The summed E-state index contributed by atoms with van der Waals surface area (Å²) in [4.78, 5) is 12.9. The van der Waals surface area contributed by atoms with Crippen LogP contribution in [0.1, 0.15) is 48.8 Å². The number of rotatable bonds is 7. The van der Waals surface area contributed by atoms with Crippen LogP contribution in [-0.2, 0) is 4.79 Å². The normalized spacial score (nSPS) is 18.9. The van der Waals surface area contributed by atoms with Crippen molar-refractivity contribution in [3.63, 3.8) is 0 Å². The number of carbonyl (C=O) groups is 1. The largest absolute Gasteiger partial charge is 0.385 e. The van der Waals surface area contributed by atoms with Gasteiger partial charge in [0.05, 0.1) is 11.8 Å². The lowest BCUT2D eigenvalue weighted by atomic mass is 9.98. The topological polar surface area (TPSA) is 44.7 Å². The molecule has 0 bridgehead atoms. The first-order valence-electron chi connectivity index (χ1n) is 10.4. The molecule has 0 radical (unpaired) electrons. The Hall–Kier alpha value is -2.62. The number of aryl methyl sites for hydroxylation is 2. The summed E-state index contributed by atoms with van der Waals surface area (Å²) in [7, 11) is 0. The van der Waals surface area contributed by atoms with Crippen LogP contribution in [0.5, 0.6) is 0 Å². The fraction of sp³-hybridized carbons (Fsp3) is 0.417. The third kappa shape index (κ3) is 4.44. The summed E-state index contributed by atoms with van der Waals surface area (Å²) in [5, 5.41) is 9.99. The van der Waals surface area contributed by atoms with Gasteiger partial charge >= 0.3 is 0 Å². The van der Waals surface area contributed by atoms with Crippen molar-refractivity contribution in [2.45, 2.75) is 52.0 Å². The Labute approximate surface area is 167 Å². The van der Waals surface area contributed by atoms with Crippen LogP contribution >= 0.6 is 0 Å². The Balaban J connectivity index is 1.39. The molecule has 1 unspecified atom stereocenters. The number of carbonyl (C=O) groups excluding carboxylic acids is 1. The second-order valence-electron chi connectivity index (χ2n) is 8.17. The minimum atomic E-state index is 0.158. The second-order valence-corrected chi connectivity index (χ2v) is 8.17. The Bertz CT molecular complexity index is 850. The van der Waals surface area contributed by atoms with E-state index in [-0.39, 0.29) is 11.9 Å². The van der Waals surface area contributed by atoms with Gasteiger partial charge in [0.25, 0.3) is 0 Å². The van der Waals surface area contributed by atoms with E-state index >= 15 is 0 Å². The molecular weight excluding hydrogens is 346 g/mol. The molecular formula is C24H29N3O. The first kappa shape index (κ1) is 18.7. The van der Waals surface area contributed by atoms with Crippen LogP contribution in [0, 0.1) is 19.8 Å². The van der Waals surface area contributed by atoms with Crippen LogP contribution in [0.3, 0.4) is 0 Å². The molecule has 2 aromatic rings. The van der Waals surface area contributed by atoms with Crippen LogP contribution in [0.2, 0.25) is 0 Å². The summed E-state index contributed by atoms with van der Waals surface area (Å²) in [6.45, 7) is 5.03. The maximum absolute atomic E-state index is 12.9. The first-order valence-corrected chi connectivity index (χ1v) is 10.4. The van der Waals surface area contributed by atoms with Gasteiger partial charge in [0, 0.05) is 25.1 Å². The van der Waals surface area contributed by atoms with Gasteiger partial charge in [-0.3, -0.25) is 4.79 Å². The number of hydrazone groups is 1. The third-order valence-corrected chi connectivity index (χ3v) is 5.59. The lowest BCUT2D eigenvalue weighted by Gasteiger charge is -2.21. The molecule has 1 atom stereocenters. The molecule has 1 aliphatic carbocycles. The predicted octanol–water partition coefficient (Wildman–Crippen LogP) is 4.91. The highest BCUT2D eigenvalue weighted by molar-refractivity contribution is 6.03. The lowest BCUT2D eigenvalue weighted by molar-refractivity contribution is -0.133. The van der Waals surface area contributed by atoms with E-state index in [1.165, 1.54) is 29.5 Å². The van der Waals surface area contributed by atoms with E-state index in [2.05, 4.69) is 37.4 Å². The number of amides is 1. The van der Waals surface area contributed by atoms with E-state index in [1.54, 1.807) is 0 Å². The minimum Gasteiger partial charge on any atom is -0.385 e. The Morgan fingerprint density at radius 1 is 1.11 bits per heavy atom. The van der Waals surface area contributed by atoms with Gasteiger partial charge in [-0.25, -0.2) is 5.01 Å². The number of hydrogen-bond acceptors (Lipinski definition) is 3. The number of para-hydroxylation sites is 1. The smallest absolute Gasteiger partial charge is 0.243 e. The Morgan fingerprint density at radius 2 is 1.82 bits per heavy atom. The average molecular weight is 376 g/mol. The molecule has 28 heavy (non-hydrogen) atoms. The maximum Gasteiger partial charge on any atom is 0.243 e. The number of anilines is 1. The van der Waals surface area contributed by atoms with Gasteiger partial charge in [0.1, 0.15) is 0 Å². The molecule has 1 amide bonds. The molecule has 0 saturated heterocycles. The van der Waals surface area contributed by atoms with Crippen molar-refractivity contribution in [1.82, 2.24) is 5.01 Å². The lowest BCUT2D eigenvalue weighted by Crippen LogP contribution is -2.34. The van der Waals surface area contributed by atoms with Gasteiger partial charge in [-0.1, -0.05) is 47.5 Å². The first-order chi connectivity index (χ1) is 13.6. The molecule has 0 spiro atoms. The zero-order valence-corrected chi connectivity index (χ0v) is 16.8. The van der Waals surface area contributed by atoms with Gasteiger partial charge in [-0.05, 0) is 56.7 Å². The van der Waals surface area contributed by atoms with E-state index in [1.807, 2.05) is 35.3 Å². The molecule has 1 aliphatic heterocycles. The Morgan fingerprint density at radius 3 is 2.50 bits per heavy atom. The van der Waals surface area contributed by atoms with Crippen molar-refractivity contribution < 1.29 is 4.79 Å². The molecule has 2 aliphatic rings. The summed E-state index contributed by atoms with van der Waals surface area (Å²) < 4.78 is 0. The van der Waals surface area contributed by atoms with Crippen LogP contribution in [0.15, 0.2) is 53.6 Å². The van der Waals surface area contributed by atoms with E-state index in [9.17, 15) is 4.79 Å². The molecule has 2 aromatic carbocycles. The summed E-state index contributed by atoms with van der Waals surface area (Å²) in [6.07, 6.45) is 4.68. The number of nitrogens with one attached hydrogen (secondary N) is 1. The highest BCUT2D eigenvalue weighted by atomic mass is 16.2. The van der Waals surface area contributed by atoms with E-state index in [0.29, 0.717) is 12.3 Å². The van der Waals surface area contributed by atoms with Crippen LogP contribution in [0.4, 0.5) is 5.69 Å². The standard InChI is InChI=1S/C24H29N3O/c1-17-13-18(2)15-20(14-17)22-16-23(19-10-11-19)27(26-22)24(28)9-6-12-25-21-7-4-3-5-8-21/h3-5,7-8,13-15,19,23,25H,6,9-12,16H2,1-2H3. The fourth-order valence-corrected chi connectivity index (χ4v) is 4.08. The van der Waals surface area contributed by atoms with Crippen molar-refractivity contribution in [3.8, 4) is 0 Å². The van der Waals surface area contributed by atoms with Crippen molar-refractivity contribution in [3.05, 3.63) is 65.2 Å². The van der Waals surface area contributed by atoms with Crippen LogP contribution in [0.25, 0.3) is 0 Å². The fourth-order valence-electron chi connectivity index (χ4n) is 4.08. The zero-order valence-electron chi connectivity index (χ0n) is 16.8. The van der Waals surface area contributed by atoms with Crippen molar-refractivity contribution >= 4 is 17.3 Å². The molecule has 1 saturated carbocycles. The third-order valence-electron chi connectivity index (χ3n) is 5.59. The van der Waals surface area contributed by atoms with Crippen molar-refractivity contribution in [2.24, 2.45) is 11.0 Å². The number of nitrogens with zero attached hydrogens (tertiary/aromatic N) is 2. The average Bonchev–Trinajstić information content (AvgIpc) is 3.43. The quantitative estimate of drug-likeness (QED) is 0.699. The molecule has 0 aromatic heterocycles. The van der Waals surface area contributed by atoms with Crippen LogP contribution in [-0.4, -0.2) is 29.2 Å². The summed E-state index contributed by atoms with van der Waals surface area (Å²) >= 11 is 0. The summed E-state index contributed by atoms with van der Waals surface area (Å²) in [5.74, 6) is 0.782. The molecule has 1 heterocycles. The molecule has 4 nitrogen and oxygen atoms in total. The second kappa shape index (κ2) is 8.17. The van der Waals surface area contributed by atoms with E-state index < -0.39 is 0 Å². The maximum atomic E-state index is 12.9. The highest BCUT2D eigenvalue weighted by Crippen LogP contribution is 2.40. The van der Waals surface area contributed by atoms with Gasteiger partial charge in [-0.2, -0.15) is 5.10 Å². The minimum absolute atomic E-state index is 0.158. The summed E-state index contributed by atoms with van der Waals surface area (Å²) in [6, 6.07) is 16.9. The number of benzene rings is 2. The van der Waals surface area contributed by atoms with E-state index in [4.69, 9.17) is 5.10 Å². The predicted molar refractivity (Wildman–Crippen MR) is 115 cm³/mol. The molecule has 4 rings (SSSR count). The molecule has 1 N–H and O–H groups in total. The Kier molecular flexibility index (Phi) is 5.47. The monoisotopic (exact) mass is 375 g/mol. The van der Waals surface area contributed by atoms with Gasteiger partial charge in [0.2, 0.25) is 5.91 Å². The molecule has 4 heteroatoms. The molecule has 146 valence electrons. The highest BCUT2D eigenvalue weighted by Gasteiger charge is 2.41. The number of hydrogen-bond donors (Lipinski definition) is 1. The van der Waals surface area contributed by atoms with E-state index in [0.717, 1.165) is 30.8 Å². The van der Waals surface area contributed by atoms with Crippen molar-refractivity contribution in [1.29, 1.82) is 0 Å². The molecule has 1 fully saturated rings. The van der Waals surface area contributed by atoms with Gasteiger partial charge in [-0.15, -0.1) is 0 Å². The van der Waals surface area contributed by atoms with Gasteiger partial charge in [0.15, 0.2) is 0 Å². The van der Waals surface area contributed by atoms with Gasteiger partial charge < -0.3 is 5.32 Å².